The predicted molar refractivity (Wildman–Crippen MR) is 63.8 cm³/mol. The van der Waals surface area contributed by atoms with Crippen LogP contribution in [0, 0.1) is 0 Å². The van der Waals surface area contributed by atoms with Gasteiger partial charge in [-0.25, -0.2) is 0 Å². The Morgan fingerprint density at radius 2 is 2.21 bits per heavy atom. The standard InChI is InChI=1S/C13H19N/c1-4-5-9-14-13-8-6-7-12(10-13)11(2)3/h4,6-8,10-11,14H,1,5,9H2,2-3H3. The second kappa shape index (κ2) is 5.48. The topological polar surface area (TPSA) is 12.0 Å². The maximum Gasteiger partial charge on any atom is 0.0343 e. The number of rotatable bonds is 5. The molecule has 0 amide bonds. The molecule has 0 fully saturated rings. The molecule has 0 heterocycles. The summed E-state index contributed by atoms with van der Waals surface area (Å²) in [5.41, 5.74) is 2.59. The van der Waals surface area contributed by atoms with Crippen molar-refractivity contribution in [2.75, 3.05) is 11.9 Å². The molecular weight excluding hydrogens is 170 g/mol. The van der Waals surface area contributed by atoms with Gasteiger partial charge in [0.05, 0.1) is 0 Å². The van der Waals surface area contributed by atoms with Gasteiger partial charge in [0, 0.05) is 12.2 Å². The molecule has 0 spiro atoms. The molecule has 1 aromatic carbocycles. The van der Waals surface area contributed by atoms with E-state index in [1.54, 1.807) is 0 Å². The van der Waals surface area contributed by atoms with Crippen LogP contribution in [0.4, 0.5) is 5.69 Å². The summed E-state index contributed by atoms with van der Waals surface area (Å²) in [5.74, 6) is 0.594. The summed E-state index contributed by atoms with van der Waals surface area (Å²) in [6.07, 6.45) is 2.94. The molecule has 0 bridgehead atoms. The van der Waals surface area contributed by atoms with Crippen molar-refractivity contribution in [3.8, 4) is 0 Å². The van der Waals surface area contributed by atoms with Gasteiger partial charge < -0.3 is 5.32 Å². The Labute approximate surface area is 86.8 Å². The zero-order valence-electron chi connectivity index (χ0n) is 9.09. The Kier molecular flexibility index (Phi) is 4.24. The lowest BCUT2D eigenvalue weighted by Gasteiger charge is -2.09. The molecule has 1 N–H and O–H groups in total. The van der Waals surface area contributed by atoms with Crippen LogP contribution >= 0.6 is 0 Å². The third kappa shape index (κ3) is 3.25. The van der Waals surface area contributed by atoms with Crippen LogP contribution in [0.5, 0.6) is 0 Å². The van der Waals surface area contributed by atoms with Crippen molar-refractivity contribution in [2.24, 2.45) is 0 Å². The minimum Gasteiger partial charge on any atom is -0.385 e. The fourth-order valence-corrected chi connectivity index (χ4v) is 1.33. The second-order valence-corrected chi connectivity index (χ2v) is 3.78. The predicted octanol–water partition coefficient (Wildman–Crippen LogP) is 3.80. The van der Waals surface area contributed by atoms with Gasteiger partial charge in [0.1, 0.15) is 0 Å². The van der Waals surface area contributed by atoms with Crippen molar-refractivity contribution < 1.29 is 0 Å². The molecular formula is C13H19N. The first-order valence-electron chi connectivity index (χ1n) is 5.18. The summed E-state index contributed by atoms with van der Waals surface area (Å²) < 4.78 is 0. The monoisotopic (exact) mass is 189 g/mol. The van der Waals surface area contributed by atoms with Crippen LogP contribution in [0.3, 0.4) is 0 Å². The van der Waals surface area contributed by atoms with Crippen LogP contribution in [0.1, 0.15) is 31.7 Å². The molecule has 14 heavy (non-hydrogen) atoms. The number of benzene rings is 1. The Bertz CT molecular complexity index is 289. The quantitative estimate of drug-likeness (QED) is 0.549. The summed E-state index contributed by atoms with van der Waals surface area (Å²) in [5, 5.41) is 3.37. The third-order valence-electron chi connectivity index (χ3n) is 2.23. The van der Waals surface area contributed by atoms with E-state index in [4.69, 9.17) is 0 Å². The van der Waals surface area contributed by atoms with Crippen LogP contribution < -0.4 is 5.32 Å². The van der Waals surface area contributed by atoms with Crippen LogP contribution in [-0.2, 0) is 0 Å². The second-order valence-electron chi connectivity index (χ2n) is 3.78. The van der Waals surface area contributed by atoms with Gasteiger partial charge >= 0.3 is 0 Å². The van der Waals surface area contributed by atoms with E-state index in [0.29, 0.717) is 5.92 Å². The summed E-state index contributed by atoms with van der Waals surface area (Å²) in [6.45, 7) is 9.08. The Morgan fingerprint density at radius 1 is 1.43 bits per heavy atom. The van der Waals surface area contributed by atoms with Gasteiger partial charge in [0.25, 0.3) is 0 Å². The summed E-state index contributed by atoms with van der Waals surface area (Å²) in [7, 11) is 0. The van der Waals surface area contributed by atoms with Crippen molar-refractivity contribution in [1.29, 1.82) is 0 Å². The number of anilines is 1. The molecule has 0 saturated carbocycles. The molecule has 1 heteroatoms. The maximum atomic E-state index is 3.70. The van der Waals surface area contributed by atoms with Gasteiger partial charge in [-0.2, -0.15) is 0 Å². The lowest BCUT2D eigenvalue weighted by atomic mass is 10.0. The molecule has 76 valence electrons. The minimum absolute atomic E-state index is 0.594. The molecule has 0 aliphatic rings. The van der Waals surface area contributed by atoms with E-state index < -0.39 is 0 Å². The van der Waals surface area contributed by atoms with E-state index in [0.717, 1.165) is 13.0 Å². The first-order chi connectivity index (χ1) is 6.74. The largest absolute Gasteiger partial charge is 0.385 e. The van der Waals surface area contributed by atoms with E-state index in [1.165, 1.54) is 11.3 Å². The minimum atomic E-state index is 0.594. The van der Waals surface area contributed by atoms with Gasteiger partial charge in [-0.05, 0) is 30.0 Å². The molecule has 0 aromatic heterocycles. The van der Waals surface area contributed by atoms with E-state index in [-0.39, 0.29) is 0 Å². The van der Waals surface area contributed by atoms with E-state index in [1.807, 2.05) is 6.08 Å². The van der Waals surface area contributed by atoms with E-state index in [2.05, 4.69) is 50.0 Å². The number of nitrogens with one attached hydrogen (secondary N) is 1. The molecule has 0 saturated heterocycles. The fraction of sp³-hybridized carbons (Fsp3) is 0.385. The fourth-order valence-electron chi connectivity index (χ4n) is 1.33. The van der Waals surface area contributed by atoms with E-state index >= 15 is 0 Å². The van der Waals surface area contributed by atoms with Crippen LogP contribution in [-0.4, -0.2) is 6.54 Å². The van der Waals surface area contributed by atoms with Gasteiger partial charge in [0.2, 0.25) is 0 Å². The highest BCUT2D eigenvalue weighted by Crippen LogP contribution is 2.18. The molecule has 0 radical (unpaired) electrons. The average molecular weight is 189 g/mol. The zero-order valence-corrected chi connectivity index (χ0v) is 9.09. The highest BCUT2D eigenvalue weighted by atomic mass is 14.9. The highest BCUT2D eigenvalue weighted by molar-refractivity contribution is 5.46. The molecule has 0 aliphatic carbocycles. The molecule has 0 atom stereocenters. The van der Waals surface area contributed by atoms with Gasteiger partial charge in [-0.15, -0.1) is 6.58 Å². The molecule has 0 aliphatic heterocycles. The SMILES string of the molecule is C=CCCNc1cccc(C(C)C)c1. The van der Waals surface area contributed by atoms with E-state index in [9.17, 15) is 0 Å². The molecule has 1 aromatic rings. The molecule has 1 nitrogen and oxygen atoms in total. The van der Waals surface area contributed by atoms with Crippen LogP contribution in [0.2, 0.25) is 0 Å². The maximum absolute atomic E-state index is 3.70. The molecule has 1 rings (SSSR count). The van der Waals surface area contributed by atoms with Crippen molar-refractivity contribution in [2.45, 2.75) is 26.2 Å². The normalized spacial score (nSPS) is 10.2. The van der Waals surface area contributed by atoms with Gasteiger partial charge in [-0.1, -0.05) is 32.1 Å². The lowest BCUT2D eigenvalue weighted by molar-refractivity contribution is 0.866. The van der Waals surface area contributed by atoms with Crippen molar-refractivity contribution >= 4 is 5.69 Å². The highest BCUT2D eigenvalue weighted by Gasteiger charge is 1.98. The first-order valence-corrected chi connectivity index (χ1v) is 5.18. The smallest absolute Gasteiger partial charge is 0.0343 e. The summed E-state index contributed by atoms with van der Waals surface area (Å²) in [6, 6.07) is 8.59. The van der Waals surface area contributed by atoms with Crippen molar-refractivity contribution in [1.82, 2.24) is 0 Å². The Hall–Kier alpha value is -1.24. The third-order valence-corrected chi connectivity index (χ3v) is 2.23. The lowest BCUT2D eigenvalue weighted by Crippen LogP contribution is -2.00. The summed E-state index contributed by atoms with van der Waals surface area (Å²) >= 11 is 0. The summed E-state index contributed by atoms with van der Waals surface area (Å²) in [4.78, 5) is 0. The zero-order chi connectivity index (χ0) is 10.4. The van der Waals surface area contributed by atoms with Crippen LogP contribution in [0.25, 0.3) is 0 Å². The van der Waals surface area contributed by atoms with Crippen molar-refractivity contribution in [3.05, 3.63) is 42.5 Å². The molecule has 0 unspecified atom stereocenters. The first kappa shape index (κ1) is 10.8. The Morgan fingerprint density at radius 3 is 2.86 bits per heavy atom. The van der Waals surface area contributed by atoms with Gasteiger partial charge in [0.15, 0.2) is 0 Å². The number of hydrogen-bond acceptors (Lipinski definition) is 1. The number of hydrogen-bond donors (Lipinski definition) is 1. The average Bonchev–Trinajstić information content (AvgIpc) is 2.19. The van der Waals surface area contributed by atoms with Crippen LogP contribution in [0.15, 0.2) is 36.9 Å². The van der Waals surface area contributed by atoms with Crippen molar-refractivity contribution in [3.63, 3.8) is 0 Å². The Balaban J connectivity index is 2.59. The van der Waals surface area contributed by atoms with Gasteiger partial charge in [-0.3, -0.25) is 0 Å².